The monoisotopic (exact) mass is 453 g/mol. The Labute approximate surface area is 196 Å². The van der Waals surface area contributed by atoms with Gasteiger partial charge in [-0.1, -0.05) is 45.4 Å². The zero-order chi connectivity index (χ0) is 22.9. The molecule has 2 aromatic heterocycles. The zero-order valence-corrected chi connectivity index (χ0v) is 20.2. The highest BCUT2D eigenvalue weighted by atomic mass is 16.4. The molecule has 0 radical (unpaired) electrons. The van der Waals surface area contributed by atoms with Gasteiger partial charge in [0.05, 0.1) is 0 Å². The van der Waals surface area contributed by atoms with Gasteiger partial charge in [-0.3, -0.25) is 0 Å². The second-order valence-corrected chi connectivity index (χ2v) is 11.0. The minimum atomic E-state index is -1.09. The van der Waals surface area contributed by atoms with E-state index in [0.717, 1.165) is 36.6 Å². The standard InChI is InChI=1S/C26H39N5O2/c1-16-11-13-18(14-12-16)15-31-21-22(27-17(2)19-9-6-10-19)28-24(26(32)33)29-23(21)30-25(31)20-7-4-3-5-8-20/h16-20H,3-15H2,1-2H3,(H,32,33)(H,27,28,29). The maximum atomic E-state index is 11.8. The van der Waals surface area contributed by atoms with Crippen molar-refractivity contribution in [3.05, 3.63) is 11.6 Å². The Hall–Kier alpha value is -2.18. The third-order valence-electron chi connectivity index (χ3n) is 8.59. The predicted octanol–water partition coefficient (Wildman–Crippen LogP) is 6.00. The number of carboxylic acids is 1. The maximum Gasteiger partial charge on any atom is 0.374 e. The van der Waals surface area contributed by atoms with Crippen LogP contribution in [0.2, 0.25) is 0 Å². The summed E-state index contributed by atoms with van der Waals surface area (Å²) in [6, 6.07) is 0.260. The van der Waals surface area contributed by atoms with Gasteiger partial charge in [-0.05, 0) is 63.2 Å². The number of hydrogen-bond donors (Lipinski definition) is 2. The highest BCUT2D eigenvalue weighted by Gasteiger charge is 2.30. The first-order chi connectivity index (χ1) is 16.0. The Balaban J connectivity index is 1.58. The van der Waals surface area contributed by atoms with Gasteiger partial charge in [0.15, 0.2) is 11.5 Å². The lowest BCUT2D eigenvalue weighted by molar-refractivity contribution is 0.0684. The van der Waals surface area contributed by atoms with Crippen LogP contribution in [-0.4, -0.2) is 36.6 Å². The first-order valence-electron chi connectivity index (χ1n) is 13.3. The fraction of sp³-hybridized carbons (Fsp3) is 0.769. The largest absolute Gasteiger partial charge is 0.475 e. The summed E-state index contributed by atoms with van der Waals surface area (Å²) in [5.41, 5.74) is 1.47. The van der Waals surface area contributed by atoms with Crippen LogP contribution in [0.15, 0.2) is 0 Å². The van der Waals surface area contributed by atoms with Gasteiger partial charge in [0.2, 0.25) is 5.82 Å². The molecule has 1 unspecified atom stereocenters. The van der Waals surface area contributed by atoms with Crippen LogP contribution in [0.3, 0.4) is 0 Å². The summed E-state index contributed by atoms with van der Waals surface area (Å²) < 4.78 is 2.40. The van der Waals surface area contributed by atoms with Crippen molar-refractivity contribution < 1.29 is 9.90 Å². The van der Waals surface area contributed by atoms with Crippen molar-refractivity contribution in [3.8, 4) is 0 Å². The minimum Gasteiger partial charge on any atom is -0.475 e. The second kappa shape index (κ2) is 9.59. The highest BCUT2D eigenvalue weighted by molar-refractivity contribution is 5.90. The number of anilines is 1. The molecule has 1 atom stereocenters. The molecule has 33 heavy (non-hydrogen) atoms. The molecule has 2 N–H and O–H groups in total. The molecule has 3 saturated carbocycles. The fourth-order valence-corrected chi connectivity index (χ4v) is 6.15. The lowest BCUT2D eigenvalue weighted by atomic mass is 9.80. The Morgan fingerprint density at radius 1 is 1.00 bits per heavy atom. The quantitative estimate of drug-likeness (QED) is 0.534. The molecule has 0 aliphatic heterocycles. The number of aromatic carboxylic acids is 1. The van der Waals surface area contributed by atoms with E-state index in [2.05, 4.69) is 33.7 Å². The number of aromatic nitrogens is 4. The molecule has 5 rings (SSSR count). The Kier molecular flexibility index (Phi) is 6.57. The van der Waals surface area contributed by atoms with Crippen molar-refractivity contribution in [1.29, 1.82) is 0 Å². The van der Waals surface area contributed by atoms with E-state index >= 15 is 0 Å². The first kappa shape index (κ1) is 22.6. The van der Waals surface area contributed by atoms with Gasteiger partial charge in [0.1, 0.15) is 11.3 Å². The van der Waals surface area contributed by atoms with E-state index in [0.29, 0.717) is 29.2 Å². The predicted molar refractivity (Wildman–Crippen MR) is 130 cm³/mol. The van der Waals surface area contributed by atoms with Crippen LogP contribution in [-0.2, 0) is 6.54 Å². The van der Waals surface area contributed by atoms with E-state index in [1.54, 1.807) is 0 Å². The Bertz CT molecular complexity index is 984. The van der Waals surface area contributed by atoms with Crippen LogP contribution >= 0.6 is 0 Å². The molecule has 180 valence electrons. The second-order valence-electron chi connectivity index (χ2n) is 11.0. The summed E-state index contributed by atoms with van der Waals surface area (Å²) in [7, 11) is 0. The van der Waals surface area contributed by atoms with Gasteiger partial charge in [-0.25, -0.2) is 19.7 Å². The molecule has 0 saturated heterocycles. The van der Waals surface area contributed by atoms with Crippen LogP contribution in [0.5, 0.6) is 0 Å². The van der Waals surface area contributed by atoms with Crippen molar-refractivity contribution in [3.63, 3.8) is 0 Å². The molecule has 2 heterocycles. The molecular weight excluding hydrogens is 414 g/mol. The Morgan fingerprint density at radius 2 is 1.73 bits per heavy atom. The molecule has 3 aliphatic rings. The lowest BCUT2D eigenvalue weighted by Gasteiger charge is -2.32. The summed E-state index contributed by atoms with van der Waals surface area (Å²) in [4.78, 5) is 25.8. The molecule has 3 fully saturated rings. The van der Waals surface area contributed by atoms with E-state index in [1.165, 1.54) is 64.2 Å². The van der Waals surface area contributed by atoms with Crippen molar-refractivity contribution in [2.45, 2.75) is 109 Å². The van der Waals surface area contributed by atoms with Crippen LogP contribution in [0.4, 0.5) is 5.82 Å². The van der Waals surface area contributed by atoms with E-state index in [1.807, 2.05) is 0 Å². The summed E-state index contributed by atoms with van der Waals surface area (Å²) in [5, 5.41) is 13.3. The van der Waals surface area contributed by atoms with E-state index in [4.69, 9.17) is 4.98 Å². The highest BCUT2D eigenvalue weighted by Crippen LogP contribution is 2.38. The summed E-state index contributed by atoms with van der Waals surface area (Å²) in [5.74, 6) is 3.04. The number of imidazole rings is 1. The summed E-state index contributed by atoms with van der Waals surface area (Å²) in [6.07, 6.45) is 14.9. The molecule has 7 nitrogen and oxygen atoms in total. The average Bonchev–Trinajstić information content (AvgIpc) is 3.13. The molecule has 0 aromatic carbocycles. The fourth-order valence-electron chi connectivity index (χ4n) is 6.15. The lowest BCUT2D eigenvalue weighted by Crippen LogP contribution is -2.31. The molecular formula is C26H39N5O2. The van der Waals surface area contributed by atoms with E-state index < -0.39 is 5.97 Å². The Morgan fingerprint density at radius 3 is 2.36 bits per heavy atom. The van der Waals surface area contributed by atoms with E-state index in [-0.39, 0.29) is 11.9 Å². The third kappa shape index (κ3) is 4.73. The average molecular weight is 454 g/mol. The number of nitrogens with one attached hydrogen (secondary N) is 1. The van der Waals surface area contributed by atoms with Gasteiger partial charge >= 0.3 is 5.97 Å². The smallest absolute Gasteiger partial charge is 0.374 e. The van der Waals surface area contributed by atoms with Gasteiger partial charge in [-0.2, -0.15) is 0 Å². The van der Waals surface area contributed by atoms with Crippen LogP contribution < -0.4 is 5.32 Å². The van der Waals surface area contributed by atoms with Crippen molar-refractivity contribution >= 4 is 23.0 Å². The molecule has 0 amide bonds. The van der Waals surface area contributed by atoms with Gasteiger partial charge < -0.3 is 15.0 Å². The molecule has 0 spiro atoms. The number of hydrogen-bond acceptors (Lipinski definition) is 5. The van der Waals surface area contributed by atoms with Gasteiger partial charge in [0.25, 0.3) is 0 Å². The molecule has 2 aromatic rings. The first-order valence-corrected chi connectivity index (χ1v) is 13.3. The normalized spacial score (nSPS) is 25.6. The van der Waals surface area contributed by atoms with Crippen molar-refractivity contribution in [2.24, 2.45) is 17.8 Å². The van der Waals surface area contributed by atoms with E-state index in [9.17, 15) is 9.90 Å². The van der Waals surface area contributed by atoms with Gasteiger partial charge in [0, 0.05) is 18.5 Å². The molecule has 7 heteroatoms. The zero-order valence-electron chi connectivity index (χ0n) is 20.2. The molecule has 3 aliphatic carbocycles. The topological polar surface area (TPSA) is 92.9 Å². The third-order valence-corrected chi connectivity index (χ3v) is 8.59. The van der Waals surface area contributed by atoms with Gasteiger partial charge in [-0.15, -0.1) is 0 Å². The van der Waals surface area contributed by atoms with Crippen molar-refractivity contribution in [1.82, 2.24) is 19.5 Å². The van der Waals surface area contributed by atoms with Crippen molar-refractivity contribution in [2.75, 3.05) is 5.32 Å². The summed E-state index contributed by atoms with van der Waals surface area (Å²) in [6.45, 7) is 5.50. The maximum absolute atomic E-state index is 11.8. The van der Waals surface area contributed by atoms with Crippen LogP contribution in [0.25, 0.3) is 11.2 Å². The molecule has 0 bridgehead atoms. The minimum absolute atomic E-state index is 0.155. The number of nitrogens with zero attached hydrogens (tertiary/aromatic N) is 4. The summed E-state index contributed by atoms with van der Waals surface area (Å²) >= 11 is 0. The number of rotatable bonds is 7. The van der Waals surface area contributed by atoms with Crippen LogP contribution in [0.1, 0.15) is 113 Å². The number of carbonyl (C=O) groups is 1. The number of fused-ring (bicyclic) bond motifs is 1. The van der Waals surface area contributed by atoms with Crippen LogP contribution in [0, 0.1) is 17.8 Å². The SMILES string of the molecule is CC1CCC(Cn2c(C3CCCCC3)nc3nc(C(=O)O)nc(NC(C)C4CCC4)c32)CC1. The number of carboxylic acid groups (broad SMARTS) is 1.